The van der Waals surface area contributed by atoms with Crippen molar-refractivity contribution >= 4 is 35.1 Å². The zero-order valence-corrected chi connectivity index (χ0v) is 14.6. The Morgan fingerprint density at radius 2 is 1.83 bits per heavy atom. The Labute approximate surface area is 146 Å². The summed E-state index contributed by atoms with van der Waals surface area (Å²) in [7, 11) is 0. The molecule has 0 unspecified atom stereocenters. The molecule has 0 aromatic heterocycles. The molecule has 6 heteroatoms. The van der Waals surface area contributed by atoms with E-state index >= 15 is 0 Å². The highest BCUT2D eigenvalue weighted by molar-refractivity contribution is 6.36. The van der Waals surface area contributed by atoms with Crippen LogP contribution in [0.4, 0.5) is 0 Å². The Balaban J connectivity index is 1.90. The van der Waals surface area contributed by atoms with Crippen LogP contribution in [0.15, 0.2) is 18.2 Å². The van der Waals surface area contributed by atoms with E-state index in [0.717, 1.165) is 25.7 Å². The van der Waals surface area contributed by atoms with Crippen molar-refractivity contribution in [1.82, 2.24) is 5.32 Å². The van der Waals surface area contributed by atoms with Crippen LogP contribution in [-0.2, 0) is 9.53 Å². The second-order valence-corrected chi connectivity index (χ2v) is 6.71. The summed E-state index contributed by atoms with van der Waals surface area (Å²) in [5.74, 6) is -0.898. The molecule has 1 aromatic carbocycles. The van der Waals surface area contributed by atoms with E-state index in [1.165, 1.54) is 25.0 Å². The molecule has 1 amide bonds. The lowest BCUT2D eigenvalue weighted by molar-refractivity contribution is -0.129. The molecular formula is C17H21Cl2NO3. The highest BCUT2D eigenvalue weighted by Crippen LogP contribution is 2.22. The lowest BCUT2D eigenvalue weighted by Crippen LogP contribution is -2.41. The first-order valence-corrected chi connectivity index (χ1v) is 8.69. The van der Waals surface area contributed by atoms with Gasteiger partial charge in [-0.25, -0.2) is 4.79 Å². The van der Waals surface area contributed by atoms with Crippen molar-refractivity contribution in [3.05, 3.63) is 33.8 Å². The molecule has 1 fully saturated rings. The Morgan fingerprint density at radius 3 is 2.43 bits per heavy atom. The minimum Gasteiger partial charge on any atom is -0.449 e. The van der Waals surface area contributed by atoms with Gasteiger partial charge in [-0.2, -0.15) is 0 Å². The molecular weight excluding hydrogens is 337 g/mol. The fraction of sp³-hybridized carbons (Fsp3) is 0.529. The van der Waals surface area contributed by atoms with Crippen LogP contribution in [-0.4, -0.2) is 24.0 Å². The van der Waals surface area contributed by atoms with Gasteiger partial charge in [0, 0.05) is 11.1 Å². The van der Waals surface area contributed by atoms with E-state index in [9.17, 15) is 9.59 Å². The summed E-state index contributed by atoms with van der Waals surface area (Å²) in [5.41, 5.74) is 0.199. The Morgan fingerprint density at radius 1 is 1.17 bits per heavy atom. The first-order valence-electron chi connectivity index (χ1n) is 7.94. The minimum atomic E-state index is -0.863. The molecule has 1 saturated carbocycles. The Kier molecular flexibility index (Phi) is 6.72. The number of carbonyl (C=O) groups is 2. The molecule has 0 heterocycles. The number of benzene rings is 1. The van der Waals surface area contributed by atoms with Gasteiger partial charge in [-0.1, -0.05) is 48.9 Å². The molecule has 1 aliphatic carbocycles. The second kappa shape index (κ2) is 8.55. The molecule has 0 bridgehead atoms. The number of ether oxygens (including phenoxy) is 1. The summed E-state index contributed by atoms with van der Waals surface area (Å²) in [6, 6.07) is 4.68. The molecule has 4 nitrogen and oxygen atoms in total. The molecule has 0 spiro atoms. The second-order valence-electron chi connectivity index (χ2n) is 5.87. The van der Waals surface area contributed by atoms with Crippen molar-refractivity contribution in [2.45, 2.75) is 57.6 Å². The van der Waals surface area contributed by atoms with Gasteiger partial charge in [-0.3, -0.25) is 4.79 Å². The van der Waals surface area contributed by atoms with E-state index in [1.54, 1.807) is 13.0 Å². The standard InChI is InChI=1S/C17H21Cl2NO3/c1-11(16(21)20-13-6-4-2-3-5-7-13)23-17(22)14-9-8-12(18)10-15(14)19/h8-11,13H,2-7H2,1H3,(H,20,21)/t11-/m1/s1. The van der Waals surface area contributed by atoms with Crippen molar-refractivity contribution in [3.8, 4) is 0 Å². The molecule has 0 radical (unpaired) electrons. The summed E-state index contributed by atoms with van der Waals surface area (Å²) in [6.07, 6.45) is 5.78. The molecule has 0 saturated heterocycles. The lowest BCUT2D eigenvalue weighted by Gasteiger charge is -2.19. The Bertz CT molecular complexity index is 569. The normalized spacial score (nSPS) is 17.2. The van der Waals surface area contributed by atoms with Crippen molar-refractivity contribution < 1.29 is 14.3 Å². The average Bonchev–Trinajstić information content (AvgIpc) is 2.75. The molecule has 2 rings (SSSR count). The van der Waals surface area contributed by atoms with E-state index in [1.807, 2.05) is 0 Å². The first-order chi connectivity index (χ1) is 11.0. The number of nitrogens with one attached hydrogen (secondary N) is 1. The van der Waals surface area contributed by atoms with Gasteiger partial charge in [-0.15, -0.1) is 0 Å². The molecule has 0 aliphatic heterocycles. The van der Waals surface area contributed by atoms with Crippen LogP contribution in [0.2, 0.25) is 10.0 Å². The van der Waals surface area contributed by atoms with Gasteiger partial charge in [-0.05, 0) is 38.0 Å². The molecule has 1 aliphatic rings. The maximum Gasteiger partial charge on any atom is 0.340 e. The smallest absolute Gasteiger partial charge is 0.340 e. The largest absolute Gasteiger partial charge is 0.449 e. The fourth-order valence-corrected chi connectivity index (χ4v) is 3.16. The number of hydrogen-bond donors (Lipinski definition) is 1. The number of halogens is 2. The number of esters is 1. The van der Waals surface area contributed by atoms with Crippen LogP contribution in [0, 0.1) is 0 Å². The summed E-state index contributed by atoms with van der Waals surface area (Å²) >= 11 is 11.8. The zero-order chi connectivity index (χ0) is 16.8. The zero-order valence-electron chi connectivity index (χ0n) is 13.1. The van der Waals surface area contributed by atoms with Gasteiger partial charge in [0.05, 0.1) is 10.6 Å². The quantitative estimate of drug-likeness (QED) is 0.642. The third-order valence-electron chi connectivity index (χ3n) is 4.01. The van der Waals surface area contributed by atoms with E-state index in [2.05, 4.69) is 5.32 Å². The van der Waals surface area contributed by atoms with E-state index in [4.69, 9.17) is 27.9 Å². The van der Waals surface area contributed by atoms with E-state index in [0.29, 0.717) is 5.02 Å². The van der Waals surface area contributed by atoms with Crippen molar-refractivity contribution in [2.24, 2.45) is 0 Å². The van der Waals surface area contributed by atoms with Gasteiger partial charge in [0.15, 0.2) is 6.10 Å². The van der Waals surface area contributed by atoms with Gasteiger partial charge in [0.1, 0.15) is 0 Å². The molecule has 1 aromatic rings. The summed E-state index contributed by atoms with van der Waals surface area (Å²) in [6.45, 7) is 1.56. The van der Waals surface area contributed by atoms with Crippen LogP contribution in [0.1, 0.15) is 55.8 Å². The third kappa shape index (κ3) is 5.40. The molecule has 23 heavy (non-hydrogen) atoms. The topological polar surface area (TPSA) is 55.4 Å². The number of amides is 1. The SMILES string of the molecule is C[C@@H](OC(=O)c1ccc(Cl)cc1Cl)C(=O)NC1CCCCCC1. The van der Waals surface area contributed by atoms with Crippen LogP contribution in [0.3, 0.4) is 0 Å². The van der Waals surface area contributed by atoms with Crippen molar-refractivity contribution in [1.29, 1.82) is 0 Å². The van der Waals surface area contributed by atoms with Crippen LogP contribution >= 0.6 is 23.2 Å². The fourth-order valence-electron chi connectivity index (χ4n) is 2.67. The number of rotatable bonds is 4. The monoisotopic (exact) mass is 357 g/mol. The maximum absolute atomic E-state index is 12.2. The highest BCUT2D eigenvalue weighted by atomic mass is 35.5. The van der Waals surface area contributed by atoms with E-state index < -0.39 is 12.1 Å². The van der Waals surface area contributed by atoms with Crippen molar-refractivity contribution in [2.75, 3.05) is 0 Å². The summed E-state index contributed by atoms with van der Waals surface area (Å²) in [5, 5.41) is 3.61. The van der Waals surface area contributed by atoms with E-state index in [-0.39, 0.29) is 22.5 Å². The predicted octanol–water partition coefficient (Wildman–Crippen LogP) is 4.38. The van der Waals surface area contributed by atoms with Gasteiger partial charge < -0.3 is 10.1 Å². The summed E-state index contributed by atoms with van der Waals surface area (Å²) < 4.78 is 5.21. The Hall–Kier alpha value is -1.26. The highest BCUT2D eigenvalue weighted by Gasteiger charge is 2.23. The van der Waals surface area contributed by atoms with Crippen molar-refractivity contribution in [3.63, 3.8) is 0 Å². The summed E-state index contributed by atoms with van der Waals surface area (Å²) in [4.78, 5) is 24.3. The van der Waals surface area contributed by atoms with Gasteiger partial charge in [0.25, 0.3) is 5.91 Å². The lowest BCUT2D eigenvalue weighted by atomic mass is 10.1. The minimum absolute atomic E-state index is 0.172. The van der Waals surface area contributed by atoms with Crippen LogP contribution in [0.5, 0.6) is 0 Å². The third-order valence-corrected chi connectivity index (χ3v) is 4.55. The molecule has 1 N–H and O–H groups in total. The van der Waals surface area contributed by atoms with Gasteiger partial charge >= 0.3 is 5.97 Å². The number of hydrogen-bond acceptors (Lipinski definition) is 3. The molecule has 1 atom stereocenters. The van der Waals surface area contributed by atoms with Crippen LogP contribution < -0.4 is 5.32 Å². The van der Waals surface area contributed by atoms with Gasteiger partial charge in [0.2, 0.25) is 0 Å². The average molecular weight is 358 g/mol. The molecule has 126 valence electrons. The first kappa shape index (κ1) is 18.1. The van der Waals surface area contributed by atoms with Crippen LogP contribution in [0.25, 0.3) is 0 Å². The predicted molar refractivity (Wildman–Crippen MR) is 91.0 cm³/mol. The number of carbonyl (C=O) groups excluding carboxylic acids is 2. The maximum atomic E-state index is 12.2.